The zero-order valence-electron chi connectivity index (χ0n) is 13.9. The number of thiocarbonyl (C=S) groups is 1. The molecule has 1 aliphatic heterocycles. The Bertz CT molecular complexity index is 834. The number of hydrogen-bond acceptors (Lipinski definition) is 5. The lowest BCUT2D eigenvalue weighted by Gasteiger charge is -2.14. The third-order valence-corrected chi connectivity index (χ3v) is 5.14. The smallest absolute Gasteiger partial charge is 0.266 e. The van der Waals surface area contributed by atoms with Crippen LogP contribution in [0.15, 0.2) is 53.4 Å². The second kappa shape index (κ2) is 7.72. The first-order valence-corrected chi connectivity index (χ1v) is 8.86. The van der Waals surface area contributed by atoms with Gasteiger partial charge in [0, 0.05) is 0 Å². The molecule has 1 fully saturated rings. The van der Waals surface area contributed by atoms with Crippen LogP contribution in [0.3, 0.4) is 0 Å². The average Bonchev–Trinajstić information content (AvgIpc) is 2.90. The summed E-state index contributed by atoms with van der Waals surface area (Å²) >= 11 is 6.70. The lowest BCUT2D eigenvalue weighted by Crippen LogP contribution is -2.27. The van der Waals surface area contributed by atoms with E-state index in [1.807, 2.05) is 54.6 Å². The quantitative estimate of drug-likeness (QED) is 0.584. The average molecular weight is 371 g/mol. The highest BCUT2D eigenvalue weighted by atomic mass is 32.2. The number of thioether (sulfide) groups is 1. The third kappa shape index (κ3) is 3.86. The van der Waals surface area contributed by atoms with Gasteiger partial charge in [-0.3, -0.25) is 9.69 Å². The lowest BCUT2D eigenvalue weighted by molar-refractivity contribution is -0.122. The summed E-state index contributed by atoms with van der Waals surface area (Å²) in [6.07, 6.45) is 1.83. The number of nitrogens with zero attached hydrogens (tertiary/aromatic N) is 1. The van der Waals surface area contributed by atoms with Crippen LogP contribution < -0.4 is 9.47 Å². The highest BCUT2D eigenvalue weighted by molar-refractivity contribution is 8.26. The molecular weight excluding hydrogens is 354 g/mol. The lowest BCUT2D eigenvalue weighted by atomic mass is 10.1. The Labute approximate surface area is 156 Å². The van der Waals surface area contributed by atoms with E-state index in [1.54, 1.807) is 19.1 Å². The van der Waals surface area contributed by atoms with Crippen LogP contribution >= 0.6 is 24.0 Å². The van der Waals surface area contributed by atoms with Crippen LogP contribution in [0.25, 0.3) is 6.08 Å². The van der Waals surface area contributed by atoms with Gasteiger partial charge in [0.15, 0.2) is 11.5 Å². The zero-order valence-corrected chi connectivity index (χ0v) is 15.5. The highest BCUT2D eigenvalue weighted by Crippen LogP contribution is 2.35. The molecule has 0 spiro atoms. The molecule has 0 aliphatic carbocycles. The number of carbonyl (C=O) groups excluding carboxylic acids is 1. The zero-order chi connectivity index (χ0) is 17.8. The van der Waals surface area contributed by atoms with Crippen molar-refractivity contribution >= 4 is 40.3 Å². The van der Waals surface area contributed by atoms with Crippen LogP contribution in [0.2, 0.25) is 0 Å². The van der Waals surface area contributed by atoms with E-state index in [1.165, 1.54) is 11.8 Å². The summed E-state index contributed by atoms with van der Waals surface area (Å²) in [5, 5.41) is 0. The van der Waals surface area contributed by atoms with E-state index in [9.17, 15) is 4.79 Å². The van der Waals surface area contributed by atoms with Crippen molar-refractivity contribution in [2.24, 2.45) is 0 Å². The Balaban J connectivity index is 1.83. The number of hydrogen-bond donors (Lipinski definition) is 0. The molecule has 1 saturated heterocycles. The summed E-state index contributed by atoms with van der Waals surface area (Å²) in [6.45, 7) is 0.481. The molecule has 0 saturated carbocycles. The fourth-order valence-electron chi connectivity index (χ4n) is 2.50. The first-order valence-electron chi connectivity index (χ1n) is 7.63. The summed E-state index contributed by atoms with van der Waals surface area (Å²) in [5.74, 6) is 1.20. The van der Waals surface area contributed by atoms with Crippen molar-refractivity contribution in [2.45, 2.75) is 6.54 Å². The minimum atomic E-state index is -0.0753. The van der Waals surface area contributed by atoms with Crippen molar-refractivity contribution in [3.05, 3.63) is 64.6 Å². The van der Waals surface area contributed by atoms with Gasteiger partial charge in [0.2, 0.25) is 0 Å². The molecule has 1 heterocycles. The maximum absolute atomic E-state index is 12.7. The van der Waals surface area contributed by atoms with Crippen molar-refractivity contribution in [3.8, 4) is 11.5 Å². The van der Waals surface area contributed by atoms with Crippen LogP contribution in [0.4, 0.5) is 0 Å². The van der Waals surface area contributed by atoms with Crippen LogP contribution in [-0.2, 0) is 11.3 Å². The second-order valence-electron chi connectivity index (χ2n) is 5.37. The molecule has 3 rings (SSSR count). The molecule has 0 radical (unpaired) electrons. The van der Waals surface area contributed by atoms with Gasteiger partial charge >= 0.3 is 0 Å². The van der Waals surface area contributed by atoms with E-state index in [4.69, 9.17) is 21.7 Å². The molecule has 128 valence electrons. The first kappa shape index (κ1) is 17.5. The topological polar surface area (TPSA) is 38.8 Å². The third-order valence-electron chi connectivity index (χ3n) is 3.76. The van der Waals surface area contributed by atoms with Gasteiger partial charge < -0.3 is 9.47 Å². The SMILES string of the molecule is COc1ccc(/C=C2\SC(=S)N(Cc3ccccc3)C2=O)cc1OC. The summed E-state index contributed by atoms with van der Waals surface area (Å²) in [4.78, 5) is 14.9. The molecule has 1 amide bonds. The van der Waals surface area contributed by atoms with Gasteiger partial charge in [-0.2, -0.15) is 0 Å². The largest absolute Gasteiger partial charge is 0.493 e. The van der Waals surface area contributed by atoms with Gasteiger partial charge in [0.1, 0.15) is 4.32 Å². The van der Waals surface area contributed by atoms with Crippen molar-refractivity contribution < 1.29 is 14.3 Å². The molecular formula is C19H17NO3S2. The van der Waals surface area contributed by atoms with Gasteiger partial charge in [-0.1, -0.05) is 60.4 Å². The predicted octanol–water partition coefficient (Wildman–Crippen LogP) is 4.11. The van der Waals surface area contributed by atoms with Crippen molar-refractivity contribution in [2.75, 3.05) is 14.2 Å². The summed E-state index contributed by atoms with van der Waals surface area (Å²) in [6, 6.07) is 15.3. The molecule has 0 aromatic heterocycles. The Kier molecular flexibility index (Phi) is 5.40. The van der Waals surface area contributed by atoms with Crippen LogP contribution in [0.1, 0.15) is 11.1 Å². The summed E-state index contributed by atoms with van der Waals surface area (Å²) < 4.78 is 11.1. The normalized spacial score (nSPS) is 15.8. The molecule has 0 unspecified atom stereocenters. The summed E-state index contributed by atoms with van der Waals surface area (Å²) in [7, 11) is 3.17. The minimum absolute atomic E-state index is 0.0753. The fourth-order valence-corrected chi connectivity index (χ4v) is 3.75. The van der Waals surface area contributed by atoms with E-state index in [-0.39, 0.29) is 5.91 Å². The second-order valence-corrected chi connectivity index (χ2v) is 7.04. The Morgan fingerprint density at radius 3 is 2.48 bits per heavy atom. The molecule has 0 N–H and O–H groups in total. The van der Waals surface area contributed by atoms with Crippen molar-refractivity contribution in [3.63, 3.8) is 0 Å². The number of amides is 1. The maximum Gasteiger partial charge on any atom is 0.266 e. The van der Waals surface area contributed by atoms with Gasteiger partial charge in [0.05, 0.1) is 25.7 Å². The van der Waals surface area contributed by atoms with Crippen LogP contribution in [-0.4, -0.2) is 29.3 Å². The molecule has 1 aliphatic rings. The Morgan fingerprint density at radius 1 is 1.08 bits per heavy atom. The molecule has 0 bridgehead atoms. The fraction of sp³-hybridized carbons (Fsp3) is 0.158. The van der Waals surface area contributed by atoms with Crippen LogP contribution in [0, 0.1) is 0 Å². The minimum Gasteiger partial charge on any atom is -0.493 e. The number of rotatable bonds is 5. The van der Waals surface area contributed by atoms with E-state index in [0.717, 1.165) is 11.1 Å². The monoisotopic (exact) mass is 371 g/mol. The molecule has 6 heteroatoms. The molecule has 4 nitrogen and oxygen atoms in total. The van der Waals surface area contributed by atoms with E-state index < -0.39 is 0 Å². The Hall–Kier alpha value is -2.31. The molecule has 0 atom stereocenters. The van der Waals surface area contributed by atoms with E-state index >= 15 is 0 Å². The van der Waals surface area contributed by atoms with Crippen LogP contribution in [0.5, 0.6) is 11.5 Å². The van der Waals surface area contributed by atoms with E-state index in [2.05, 4.69) is 0 Å². The maximum atomic E-state index is 12.7. The summed E-state index contributed by atoms with van der Waals surface area (Å²) in [5.41, 5.74) is 1.91. The van der Waals surface area contributed by atoms with E-state index in [0.29, 0.717) is 27.3 Å². The number of carbonyl (C=O) groups is 1. The number of methoxy groups -OCH3 is 2. The highest BCUT2D eigenvalue weighted by Gasteiger charge is 2.31. The molecule has 2 aromatic carbocycles. The van der Waals surface area contributed by atoms with Crippen molar-refractivity contribution in [1.29, 1.82) is 0 Å². The van der Waals surface area contributed by atoms with Crippen molar-refractivity contribution in [1.82, 2.24) is 4.90 Å². The first-order chi connectivity index (χ1) is 12.1. The number of ether oxygens (including phenoxy) is 2. The Morgan fingerprint density at radius 2 is 1.80 bits per heavy atom. The van der Waals surface area contributed by atoms with Gasteiger partial charge in [-0.05, 0) is 29.3 Å². The van der Waals surface area contributed by atoms with Gasteiger partial charge in [0.25, 0.3) is 5.91 Å². The number of benzene rings is 2. The predicted molar refractivity (Wildman–Crippen MR) is 105 cm³/mol. The molecule has 25 heavy (non-hydrogen) atoms. The molecule has 2 aromatic rings. The standard InChI is InChI=1S/C19H17NO3S2/c1-22-15-9-8-14(10-16(15)23-2)11-17-18(21)20(19(24)25-17)12-13-6-4-3-5-7-13/h3-11H,12H2,1-2H3/b17-11-. The van der Waals surface area contributed by atoms with Gasteiger partial charge in [-0.25, -0.2) is 0 Å². The van der Waals surface area contributed by atoms with Gasteiger partial charge in [-0.15, -0.1) is 0 Å².